The summed E-state index contributed by atoms with van der Waals surface area (Å²) in [4.78, 5) is 43.4. The smallest absolute Gasteiger partial charge is 0.258 e. The van der Waals surface area contributed by atoms with E-state index in [-0.39, 0.29) is 11.8 Å². The minimum atomic E-state index is -0.231. The maximum Gasteiger partial charge on any atom is 0.258 e. The summed E-state index contributed by atoms with van der Waals surface area (Å²) in [5, 5.41) is 3.51. The molecule has 2 amide bonds. The fraction of sp³-hybridized carbons (Fsp3) is 0.242. The molecular formula is C33H31N5O2S. The Morgan fingerprint density at radius 2 is 1.56 bits per heavy atom. The van der Waals surface area contributed by atoms with Crippen LogP contribution in [0.15, 0.2) is 60.7 Å². The van der Waals surface area contributed by atoms with Crippen LogP contribution in [0, 0.1) is 13.8 Å². The van der Waals surface area contributed by atoms with Crippen LogP contribution in [-0.2, 0) is 19.3 Å². The van der Waals surface area contributed by atoms with Crippen LogP contribution in [0.3, 0.4) is 0 Å². The number of hydrogen-bond donors (Lipinski definition) is 1. The number of nitrogens with zero attached hydrogens (tertiary/aromatic N) is 4. The highest BCUT2D eigenvalue weighted by Crippen LogP contribution is 2.36. The summed E-state index contributed by atoms with van der Waals surface area (Å²) in [6.45, 7) is 8.81. The van der Waals surface area contributed by atoms with E-state index >= 15 is 0 Å². The van der Waals surface area contributed by atoms with Crippen molar-refractivity contribution in [1.82, 2.24) is 15.0 Å². The van der Waals surface area contributed by atoms with E-state index in [1.54, 1.807) is 12.1 Å². The first-order valence-corrected chi connectivity index (χ1v) is 14.8. The Hall–Kier alpha value is -4.43. The summed E-state index contributed by atoms with van der Waals surface area (Å²) in [5.41, 5.74) is 9.69. The highest BCUT2D eigenvalue weighted by Gasteiger charge is 2.26. The monoisotopic (exact) mass is 561 g/mol. The van der Waals surface area contributed by atoms with E-state index in [1.165, 1.54) is 11.3 Å². The van der Waals surface area contributed by atoms with Crippen LogP contribution in [0.1, 0.15) is 62.0 Å². The number of aryl methyl sites for hydroxylation is 4. The van der Waals surface area contributed by atoms with E-state index in [1.807, 2.05) is 61.2 Å². The molecule has 6 rings (SSSR count). The van der Waals surface area contributed by atoms with E-state index in [4.69, 9.17) is 15.0 Å². The zero-order valence-electron chi connectivity index (χ0n) is 23.6. The summed E-state index contributed by atoms with van der Waals surface area (Å²) in [6, 6.07) is 19.2. The lowest BCUT2D eigenvalue weighted by Crippen LogP contribution is -2.28. The molecule has 3 heterocycles. The minimum Gasteiger partial charge on any atom is -0.308 e. The molecule has 0 aliphatic carbocycles. The second kappa shape index (κ2) is 10.9. The number of thiazole rings is 1. The second-order valence-corrected chi connectivity index (χ2v) is 11.5. The van der Waals surface area contributed by atoms with E-state index < -0.39 is 0 Å². The van der Waals surface area contributed by atoms with Gasteiger partial charge in [-0.2, -0.15) is 0 Å². The van der Waals surface area contributed by atoms with Gasteiger partial charge in [-0.15, -0.1) is 11.3 Å². The molecule has 2 aromatic heterocycles. The molecule has 5 aromatic rings. The predicted octanol–water partition coefficient (Wildman–Crippen LogP) is 6.95. The first-order valence-electron chi connectivity index (χ1n) is 13.9. The Labute approximate surface area is 243 Å². The highest BCUT2D eigenvalue weighted by atomic mass is 32.1. The van der Waals surface area contributed by atoms with Crippen LogP contribution >= 0.6 is 11.3 Å². The average molecular weight is 562 g/mol. The van der Waals surface area contributed by atoms with Crippen molar-refractivity contribution < 1.29 is 9.59 Å². The van der Waals surface area contributed by atoms with Gasteiger partial charge in [0.15, 0.2) is 5.13 Å². The van der Waals surface area contributed by atoms with Crippen LogP contribution in [-0.4, -0.2) is 33.3 Å². The Kier molecular flexibility index (Phi) is 7.09. The Balaban J connectivity index is 1.21. The minimum absolute atomic E-state index is 0.0164. The second-order valence-electron chi connectivity index (χ2n) is 10.3. The molecule has 3 aromatic carbocycles. The number of nitrogens with one attached hydrogen (secondary N) is 1. The molecule has 1 aliphatic heterocycles. The summed E-state index contributed by atoms with van der Waals surface area (Å²) in [7, 11) is 0. The lowest BCUT2D eigenvalue weighted by Gasteiger charge is -2.17. The first-order chi connectivity index (χ1) is 19.8. The number of benzene rings is 3. The van der Waals surface area contributed by atoms with E-state index in [2.05, 4.69) is 25.2 Å². The largest absolute Gasteiger partial charge is 0.308 e. The van der Waals surface area contributed by atoms with Gasteiger partial charge in [0.1, 0.15) is 0 Å². The summed E-state index contributed by atoms with van der Waals surface area (Å²) >= 11 is 1.45. The third-order valence-electron chi connectivity index (χ3n) is 7.56. The number of amides is 2. The zero-order valence-corrected chi connectivity index (χ0v) is 24.4. The molecule has 0 saturated carbocycles. The summed E-state index contributed by atoms with van der Waals surface area (Å²) < 4.78 is 0. The third-order valence-corrected chi connectivity index (χ3v) is 8.45. The molecule has 0 fully saturated rings. The fourth-order valence-corrected chi connectivity index (χ4v) is 6.16. The van der Waals surface area contributed by atoms with E-state index in [0.717, 1.165) is 74.6 Å². The molecule has 0 atom stereocenters. The van der Waals surface area contributed by atoms with Crippen molar-refractivity contribution in [2.24, 2.45) is 0 Å². The Morgan fingerprint density at radius 3 is 2.29 bits per heavy atom. The average Bonchev–Trinajstić information content (AvgIpc) is 3.58. The van der Waals surface area contributed by atoms with Crippen LogP contribution in [0.4, 0.5) is 10.8 Å². The normalized spacial score (nSPS) is 12.5. The molecule has 0 unspecified atom stereocenters. The number of carbonyl (C=O) groups excluding carboxylic acids is 2. The topological polar surface area (TPSA) is 88.1 Å². The van der Waals surface area contributed by atoms with Gasteiger partial charge in [-0.3, -0.25) is 14.9 Å². The molecule has 1 N–H and O–H groups in total. The standard InChI is InChI=1S/C33H31N5O2S/c1-5-25-26(6-2)35-28-18-24(11-13-27(28)34-25)31(39)37-33-36-30(20(4)41-33)23-12-14-29-22(17-23)15-16-38(29)32(40)21-9-7-19(3)8-10-21/h7-14,17-18H,5-6,15-16H2,1-4H3,(H,36,37,39). The van der Waals surface area contributed by atoms with Gasteiger partial charge >= 0.3 is 0 Å². The maximum absolute atomic E-state index is 13.2. The Bertz CT molecular complexity index is 1810. The van der Waals surface area contributed by atoms with E-state index in [0.29, 0.717) is 22.8 Å². The number of aromatic nitrogens is 3. The van der Waals surface area contributed by atoms with Gasteiger partial charge in [0, 0.05) is 33.8 Å². The van der Waals surface area contributed by atoms with Crippen molar-refractivity contribution >= 4 is 45.0 Å². The molecule has 0 radical (unpaired) electrons. The molecular weight excluding hydrogens is 530 g/mol. The van der Waals surface area contributed by atoms with Gasteiger partial charge in [0.25, 0.3) is 11.8 Å². The molecule has 8 heteroatoms. The van der Waals surface area contributed by atoms with E-state index in [9.17, 15) is 9.59 Å². The van der Waals surface area contributed by atoms with Crippen LogP contribution < -0.4 is 10.2 Å². The van der Waals surface area contributed by atoms with Gasteiger partial charge in [0.05, 0.1) is 28.1 Å². The molecule has 7 nitrogen and oxygen atoms in total. The quantitative estimate of drug-likeness (QED) is 0.242. The van der Waals surface area contributed by atoms with Crippen molar-refractivity contribution in [3.63, 3.8) is 0 Å². The summed E-state index contributed by atoms with van der Waals surface area (Å²) in [5.74, 6) is -0.214. The molecule has 206 valence electrons. The van der Waals surface area contributed by atoms with Crippen LogP contribution in [0.5, 0.6) is 0 Å². The molecule has 1 aliphatic rings. The van der Waals surface area contributed by atoms with Gasteiger partial charge in [-0.05, 0) is 81.1 Å². The third kappa shape index (κ3) is 5.11. The van der Waals surface area contributed by atoms with Gasteiger partial charge < -0.3 is 4.90 Å². The highest BCUT2D eigenvalue weighted by molar-refractivity contribution is 7.16. The lowest BCUT2D eigenvalue weighted by atomic mass is 10.1. The zero-order chi connectivity index (χ0) is 28.7. The van der Waals surface area contributed by atoms with Gasteiger partial charge in [-0.1, -0.05) is 37.6 Å². The fourth-order valence-electron chi connectivity index (χ4n) is 5.33. The van der Waals surface area contributed by atoms with Gasteiger partial charge in [0.2, 0.25) is 0 Å². The predicted molar refractivity (Wildman–Crippen MR) is 165 cm³/mol. The number of fused-ring (bicyclic) bond motifs is 2. The number of anilines is 2. The maximum atomic E-state index is 13.2. The SMILES string of the molecule is CCc1nc2ccc(C(=O)Nc3nc(-c4ccc5c(c4)CCN5C(=O)c4ccc(C)cc4)c(C)s3)cc2nc1CC. The molecule has 0 saturated heterocycles. The van der Waals surface area contributed by atoms with Crippen molar-refractivity contribution in [3.05, 3.63) is 99.2 Å². The molecule has 41 heavy (non-hydrogen) atoms. The Morgan fingerprint density at radius 1 is 0.854 bits per heavy atom. The van der Waals surface area contributed by atoms with Crippen molar-refractivity contribution in [2.75, 3.05) is 16.8 Å². The van der Waals surface area contributed by atoms with Crippen molar-refractivity contribution in [2.45, 2.75) is 47.0 Å². The lowest BCUT2D eigenvalue weighted by molar-refractivity contribution is 0.0987. The van der Waals surface area contributed by atoms with Crippen LogP contribution in [0.2, 0.25) is 0 Å². The van der Waals surface area contributed by atoms with Crippen molar-refractivity contribution in [1.29, 1.82) is 0 Å². The molecule has 0 bridgehead atoms. The number of carbonyl (C=O) groups is 2. The number of rotatable bonds is 6. The molecule has 0 spiro atoms. The van der Waals surface area contributed by atoms with Crippen LogP contribution in [0.25, 0.3) is 22.3 Å². The first kappa shape index (κ1) is 26.8. The summed E-state index contributed by atoms with van der Waals surface area (Å²) in [6.07, 6.45) is 2.42. The van der Waals surface area contributed by atoms with Gasteiger partial charge in [-0.25, -0.2) is 15.0 Å². The number of hydrogen-bond acceptors (Lipinski definition) is 6. The van der Waals surface area contributed by atoms with Crippen molar-refractivity contribution in [3.8, 4) is 11.3 Å².